The molecule has 0 saturated carbocycles. The number of esters is 1. The number of phenolic OH excluding ortho intramolecular Hbond substituents is 1. The number of hydrogen-bond donors (Lipinski definition) is 1. The second kappa shape index (κ2) is 7.64. The average Bonchev–Trinajstić information content (AvgIpc) is 2.99. The van der Waals surface area contributed by atoms with Gasteiger partial charge < -0.3 is 19.3 Å². The summed E-state index contributed by atoms with van der Waals surface area (Å²) in [6, 6.07) is 3.88. The first-order valence-electron chi connectivity index (χ1n) is 9.28. The molecule has 1 aromatic rings. The molecule has 2 atom stereocenters. The zero-order valence-electron chi connectivity index (χ0n) is 17.5. The van der Waals surface area contributed by atoms with E-state index in [-0.39, 0.29) is 23.5 Å². The number of phenols is 1. The summed E-state index contributed by atoms with van der Waals surface area (Å²) in [4.78, 5) is 11.6. The third-order valence-electron chi connectivity index (χ3n) is 4.52. The first-order chi connectivity index (χ1) is 12.3. The summed E-state index contributed by atoms with van der Waals surface area (Å²) in [5.41, 5.74) is 2.47. The summed E-state index contributed by atoms with van der Waals surface area (Å²) >= 11 is 0. The Kier molecular flexibility index (Phi) is 6.07. The maximum Gasteiger partial charge on any atom is 0.333 e. The van der Waals surface area contributed by atoms with Gasteiger partial charge in [0.05, 0.1) is 6.61 Å². The van der Waals surface area contributed by atoms with Crippen molar-refractivity contribution in [3.8, 4) is 5.75 Å². The highest BCUT2D eigenvalue weighted by atomic mass is 16.7. The molecule has 1 N–H and O–H groups in total. The van der Waals surface area contributed by atoms with Crippen LogP contribution in [0.1, 0.15) is 71.4 Å². The van der Waals surface area contributed by atoms with Crippen molar-refractivity contribution in [2.45, 2.75) is 71.7 Å². The number of ether oxygens (including phenoxy) is 3. The van der Waals surface area contributed by atoms with E-state index in [2.05, 4.69) is 48.1 Å². The smallest absolute Gasteiger partial charge is 0.333 e. The van der Waals surface area contributed by atoms with E-state index in [4.69, 9.17) is 14.2 Å². The van der Waals surface area contributed by atoms with Crippen molar-refractivity contribution in [3.63, 3.8) is 0 Å². The largest absolute Gasteiger partial charge is 0.507 e. The normalized spacial score (nSPS) is 20.6. The molecule has 0 amide bonds. The van der Waals surface area contributed by atoms with E-state index >= 15 is 0 Å². The summed E-state index contributed by atoms with van der Waals surface area (Å²) in [5, 5.41) is 10.8. The Morgan fingerprint density at radius 3 is 2.15 bits per heavy atom. The summed E-state index contributed by atoms with van der Waals surface area (Å²) in [7, 11) is 0. The van der Waals surface area contributed by atoms with Crippen LogP contribution in [0.2, 0.25) is 0 Å². The van der Waals surface area contributed by atoms with Crippen LogP contribution in [0.3, 0.4) is 0 Å². The van der Waals surface area contributed by atoms with Gasteiger partial charge in [0.15, 0.2) is 6.29 Å². The zero-order valence-corrected chi connectivity index (χ0v) is 17.5. The van der Waals surface area contributed by atoms with Crippen LogP contribution in [0.15, 0.2) is 24.3 Å². The number of carbonyl (C=O) groups is 1. The molecule has 1 aliphatic rings. The van der Waals surface area contributed by atoms with Gasteiger partial charge in [-0.05, 0) is 41.0 Å². The minimum atomic E-state index is -0.554. The monoisotopic (exact) mass is 376 g/mol. The molecule has 150 valence electrons. The average molecular weight is 376 g/mol. The quantitative estimate of drug-likeness (QED) is 0.618. The number of rotatable bonds is 4. The van der Waals surface area contributed by atoms with Crippen molar-refractivity contribution in [1.29, 1.82) is 0 Å². The Bertz CT molecular complexity index is 686. The minimum Gasteiger partial charge on any atom is -0.507 e. The fourth-order valence-corrected chi connectivity index (χ4v) is 2.94. The molecule has 2 unspecified atom stereocenters. The lowest BCUT2D eigenvalue weighted by molar-refractivity contribution is -0.143. The van der Waals surface area contributed by atoms with Gasteiger partial charge in [0, 0.05) is 11.1 Å². The Balaban J connectivity index is 2.26. The molecule has 27 heavy (non-hydrogen) atoms. The summed E-state index contributed by atoms with van der Waals surface area (Å²) in [5.74, 6) is -0.111. The van der Waals surface area contributed by atoms with Crippen LogP contribution >= 0.6 is 0 Å². The Hall–Kier alpha value is -1.85. The molecular weight excluding hydrogens is 344 g/mol. The van der Waals surface area contributed by atoms with Gasteiger partial charge in [0.1, 0.15) is 18.5 Å². The topological polar surface area (TPSA) is 65.0 Å². The fraction of sp³-hybridized carbons (Fsp3) is 0.591. The van der Waals surface area contributed by atoms with Crippen LogP contribution in [-0.4, -0.2) is 30.4 Å². The highest BCUT2D eigenvalue weighted by Gasteiger charge is 2.33. The van der Waals surface area contributed by atoms with Crippen molar-refractivity contribution in [2.75, 3.05) is 13.2 Å². The molecule has 1 aromatic carbocycles. The van der Waals surface area contributed by atoms with Gasteiger partial charge in [-0.15, -0.1) is 0 Å². The van der Waals surface area contributed by atoms with E-state index < -0.39 is 12.3 Å². The lowest BCUT2D eigenvalue weighted by Crippen LogP contribution is -2.21. The molecule has 2 rings (SSSR count). The van der Waals surface area contributed by atoms with Crippen molar-refractivity contribution >= 4 is 5.97 Å². The molecule has 0 spiro atoms. The van der Waals surface area contributed by atoms with E-state index in [0.717, 1.165) is 16.7 Å². The number of hydrogen-bond acceptors (Lipinski definition) is 5. The second-order valence-corrected chi connectivity index (χ2v) is 9.27. The van der Waals surface area contributed by atoms with Crippen LogP contribution in [0.25, 0.3) is 0 Å². The fourth-order valence-electron chi connectivity index (χ4n) is 2.94. The third-order valence-corrected chi connectivity index (χ3v) is 4.52. The third kappa shape index (κ3) is 5.11. The molecule has 0 aromatic heterocycles. The molecule has 1 saturated heterocycles. The lowest BCUT2D eigenvalue weighted by Gasteiger charge is -2.29. The van der Waals surface area contributed by atoms with Gasteiger partial charge in [-0.3, -0.25) is 0 Å². The maximum atomic E-state index is 11.6. The van der Waals surface area contributed by atoms with E-state index in [9.17, 15) is 9.90 Å². The zero-order chi connectivity index (χ0) is 20.6. The maximum absolute atomic E-state index is 11.6. The predicted octanol–water partition coefficient (Wildman–Crippen LogP) is 4.52. The number of carbonyl (C=O) groups excluding carboxylic acids is 1. The summed E-state index contributed by atoms with van der Waals surface area (Å²) in [6.07, 6.45) is -0.885. The minimum absolute atomic E-state index is 0.124. The van der Waals surface area contributed by atoms with Crippen LogP contribution < -0.4 is 0 Å². The van der Waals surface area contributed by atoms with Crippen molar-refractivity contribution in [1.82, 2.24) is 0 Å². The van der Waals surface area contributed by atoms with E-state index in [0.29, 0.717) is 17.9 Å². The van der Waals surface area contributed by atoms with Crippen LogP contribution in [0, 0.1) is 0 Å². The van der Waals surface area contributed by atoms with Gasteiger partial charge in [0.2, 0.25) is 0 Å². The first-order valence-corrected chi connectivity index (χ1v) is 9.28. The second-order valence-electron chi connectivity index (χ2n) is 9.27. The first kappa shape index (κ1) is 21.5. The molecule has 0 aliphatic carbocycles. The predicted molar refractivity (Wildman–Crippen MR) is 105 cm³/mol. The lowest BCUT2D eigenvalue weighted by atomic mass is 9.78. The molecule has 0 bridgehead atoms. The van der Waals surface area contributed by atoms with Crippen molar-refractivity contribution in [3.05, 3.63) is 41.0 Å². The number of benzene rings is 1. The van der Waals surface area contributed by atoms with Gasteiger partial charge in [-0.1, -0.05) is 48.1 Å². The number of aromatic hydroxyl groups is 1. The molecular formula is C22H32O5. The van der Waals surface area contributed by atoms with E-state index in [1.54, 1.807) is 6.92 Å². The highest BCUT2D eigenvalue weighted by molar-refractivity contribution is 5.86. The Morgan fingerprint density at radius 2 is 1.70 bits per heavy atom. The van der Waals surface area contributed by atoms with Gasteiger partial charge in [-0.2, -0.15) is 0 Å². The van der Waals surface area contributed by atoms with Crippen LogP contribution in [-0.2, 0) is 29.8 Å². The molecule has 1 aliphatic heterocycles. The van der Waals surface area contributed by atoms with Gasteiger partial charge in [0.25, 0.3) is 0 Å². The summed E-state index contributed by atoms with van der Waals surface area (Å²) in [6.45, 7) is 18.0. The Morgan fingerprint density at radius 1 is 1.19 bits per heavy atom. The Labute approximate surface area is 162 Å². The summed E-state index contributed by atoms with van der Waals surface area (Å²) < 4.78 is 16.9. The van der Waals surface area contributed by atoms with E-state index in [1.807, 2.05) is 12.1 Å². The van der Waals surface area contributed by atoms with Gasteiger partial charge >= 0.3 is 5.97 Å². The standard InChI is InChI=1S/C22H32O5/c1-13(2)19(24)25-11-15-12-26-20(27-15)14-9-16(21(3,4)5)18(23)17(10-14)22(6,7)8/h9-10,15,20,23H,1,11-12H2,2-8H3. The van der Waals surface area contributed by atoms with Crippen molar-refractivity contribution in [2.24, 2.45) is 0 Å². The van der Waals surface area contributed by atoms with E-state index in [1.165, 1.54) is 0 Å². The van der Waals surface area contributed by atoms with Crippen molar-refractivity contribution < 1.29 is 24.1 Å². The SMILES string of the molecule is C=C(C)C(=O)OCC1COC(c2cc(C(C)(C)C)c(O)c(C(C)(C)C)c2)O1. The molecule has 1 fully saturated rings. The highest BCUT2D eigenvalue weighted by Crippen LogP contribution is 2.42. The molecule has 5 nitrogen and oxygen atoms in total. The molecule has 5 heteroatoms. The molecule has 0 radical (unpaired) electrons. The van der Waals surface area contributed by atoms with Gasteiger partial charge in [-0.25, -0.2) is 4.79 Å². The van der Waals surface area contributed by atoms with Crippen LogP contribution in [0.4, 0.5) is 0 Å². The molecule has 1 heterocycles. The van der Waals surface area contributed by atoms with Crippen LogP contribution in [0.5, 0.6) is 5.75 Å².